The first-order valence-electron chi connectivity index (χ1n) is 9.69. The molecular weight excluding hydrogens is 360 g/mol. The topological polar surface area (TPSA) is 33.7 Å². The standard InChI is InChI=1S/C22H29ClN2O2/c1-3-25-12-6-8-19(25)15-24-14-17-10-11-21(22(13-17)26-2)27-16-18-7-4-5-9-20(18)23/h4-5,7,9-11,13,19,24H,3,6,8,12,14-16H2,1-2H3. The number of rotatable bonds is 9. The normalized spacial score (nSPS) is 17.2. The lowest BCUT2D eigenvalue weighted by molar-refractivity contribution is 0.260. The van der Waals surface area contributed by atoms with Crippen LogP contribution in [0.2, 0.25) is 5.02 Å². The van der Waals surface area contributed by atoms with Crippen molar-refractivity contribution >= 4 is 11.6 Å². The third-order valence-corrected chi connectivity index (χ3v) is 5.55. The third-order valence-electron chi connectivity index (χ3n) is 5.18. The van der Waals surface area contributed by atoms with Crippen LogP contribution in [-0.4, -0.2) is 37.7 Å². The van der Waals surface area contributed by atoms with Gasteiger partial charge in [-0.15, -0.1) is 0 Å². The maximum Gasteiger partial charge on any atom is 0.161 e. The minimum Gasteiger partial charge on any atom is -0.493 e. The highest BCUT2D eigenvalue weighted by Gasteiger charge is 2.22. The summed E-state index contributed by atoms with van der Waals surface area (Å²) in [4.78, 5) is 2.55. The second-order valence-corrected chi connectivity index (χ2v) is 7.33. The Kier molecular flexibility index (Phi) is 7.39. The zero-order valence-electron chi connectivity index (χ0n) is 16.2. The summed E-state index contributed by atoms with van der Waals surface area (Å²) < 4.78 is 11.5. The first kappa shape index (κ1) is 20.0. The van der Waals surface area contributed by atoms with Crippen molar-refractivity contribution < 1.29 is 9.47 Å². The van der Waals surface area contributed by atoms with Crippen LogP contribution in [0.3, 0.4) is 0 Å². The van der Waals surface area contributed by atoms with Gasteiger partial charge in [-0.3, -0.25) is 4.90 Å². The van der Waals surface area contributed by atoms with Crippen LogP contribution >= 0.6 is 11.6 Å². The molecule has 1 saturated heterocycles. The van der Waals surface area contributed by atoms with Crippen molar-refractivity contribution in [3.05, 3.63) is 58.6 Å². The Labute approximate surface area is 167 Å². The molecule has 1 aliphatic heterocycles. The van der Waals surface area contributed by atoms with Gasteiger partial charge < -0.3 is 14.8 Å². The number of nitrogens with one attached hydrogen (secondary N) is 1. The minimum absolute atomic E-state index is 0.419. The second-order valence-electron chi connectivity index (χ2n) is 6.92. The number of hydrogen-bond acceptors (Lipinski definition) is 4. The highest BCUT2D eigenvalue weighted by molar-refractivity contribution is 6.31. The largest absolute Gasteiger partial charge is 0.493 e. The highest BCUT2D eigenvalue weighted by Crippen LogP contribution is 2.29. The molecule has 1 aliphatic rings. The molecule has 0 radical (unpaired) electrons. The predicted octanol–water partition coefficient (Wildman–Crippen LogP) is 4.50. The average molecular weight is 389 g/mol. The Bertz CT molecular complexity index is 738. The van der Waals surface area contributed by atoms with Crippen molar-refractivity contribution in [1.29, 1.82) is 0 Å². The van der Waals surface area contributed by atoms with Crippen molar-refractivity contribution in [2.75, 3.05) is 26.7 Å². The molecule has 146 valence electrons. The molecule has 1 fully saturated rings. The van der Waals surface area contributed by atoms with E-state index in [1.54, 1.807) is 7.11 Å². The number of benzene rings is 2. The number of halogens is 1. The zero-order valence-corrected chi connectivity index (χ0v) is 17.0. The van der Waals surface area contributed by atoms with Gasteiger partial charge >= 0.3 is 0 Å². The summed E-state index contributed by atoms with van der Waals surface area (Å²) in [6, 6.07) is 14.5. The van der Waals surface area contributed by atoms with Crippen molar-refractivity contribution in [3.8, 4) is 11.5 Å². The molecule has 1 heterocycles. The molecule has 2 aromatic carbocycles. The van der Waals surface area contributed by atoms with Gasteiger partial charge in [0, 0.05) is 29.7 Å². The van der Waals surface area contributed by atoms with E-state index in [-0.39, 0.29) is 0 Å². The van der Waals surface area contributed by atoms with Crippen molar-refractivity contribution in [2.45, 2.75) is 39.0 Å². The average Bonchev–Trinajstić information content (AvgIpc) is 3.15. The molecule has 0 bridgehead atoms. The summed E-state index contributed by atoms with van der Waals surface area (Å²) in [5.41, 5.74) is 2.15. The lowest BCUT2D eigenvalue weighted by Gasteiger charge is -2.23. The molecule has 0 aliphatic carbocycles. The van der Waals surface area contributed by atoms with Gasteiger partial charge in [0.25, 0.3) is 0 Å². The van der Waals surface area contributed by atoms with Crippen LogP contribution in [0.4, 0.5) is 0 Å². The quantitative estimate of drug-likeness (QED) is 0.685. The van der Waals surface area contributed by atoms with Crippen molar-refractivity contribution in [3.63, 3.8) is 0 Å². The second kappa shape index (κ2) is 9.98. The molecule has 5 heteroatoms. The Morgan fingerprint density at radius 3 is 2.81 bits per heavy atom. The first-order valence-corrected chi connectivity index (χ1v) is 10.1. The summed E-state index contributed by atoms with van der Waals surface area (Å²) in [5, 5.41) is 4.30. The van der Waals surface area contributed by atoms with Crippen LogP contribution in [0, 0.1) is 0 Å². The van der Waals surface area contributed by atoms with Crippen LogP contribution in [0.15, 0.2) is 42.5 Å². The number of likely N-dealkylation sites (tertiary alicyclic amines) is 1. The number of nitrogens with zero attached hydrogens (tertiary/aromatic N) is 1. The monoisotopic (exact) mass is 388 g/mol. The van der Waals surface area contributed by atoms with E-state index in [1.807, 2.05) is 36.4 Å². The molecule has 0 amide bonds. The lowest BCUT2D eigenvalue weighted by Crippen LogP contribution is -2.37. The SMILES string of the molecule is CCN1CCCC1CNCc1ccc(OCc2ccccc2Cl)c(OC)c1. The van der Waals surface area contributed by atoms with E-state index in [2.05, 4.69) is 23.2 Å². The van der Waals surface area contributed by atoms with Crippen molar-refractivity contribution in [2.24, 2.45) is 0 Å². The van der Waals surface area contributed by atoms with Gasteiger partial charge in [-0.1, -0.05) is 42.8 Å². The van der Waals surface area contributed by atoms with E-state index in [1.165, 1.54) is 24.9 Å². The molecule has 0 aromatic heterocycles. The van der Waals surface area contributed by atoms with E-state index in [4.69, 9.17) is 21.1 Å². The Hall–Kier alpha value is -1.75. The smallest absolute Gasteiger partial charge is 0.161 e. The van der Waals surface area contributed by atoms with Gasteiger partial charge in [0.15, 0.2) is 11.5 Å². The highest BCUT2D eigenvalue weighted by atomic mass is 35.5. The molecule has 0 saturated carbocycles. The summed E-state index contributed by atoms with van der Waals surface area (Å²) in [6.07, 6.45) is 2.60. The summed E-state index contributed by atoms with van der Waals surface area (Å²) in [5.74, 6) is 1.48. The van der Waals surface area contributed by atoms with E-state index in [9.17, 15) is 0 Å². The maximum absolute atomic E-state index is 6.20. The molecule has 1 atom stereocenters. The molecule has 4 nitrogen and oxygen atoms in total. The van der Waals surface area contributed by atoms with Gasteiger partial charge in [0.1, 0.15) is 6.61 Å². The van der Waals surface area contributed by atoms with Gasteiger partial charge in [0.05, 0.1) is 7.11 Å². The Balaban J connectivity index is 1.55. The van der Waals surface area contributed by atoms with Crippen LogP contribution in [0.5, 0.6) is 11.5 Å². The number of methoxy groups -OCH3 is 1. The lowest BCUT2D eigenvalue weighted by atomic mass is 10.1. The number of hydrogen-bond donors (Lipinski definition) is 1. The zero-order chi connectivity index (χ0) is 19.1. The molecule has 1 N–H and O–H groups in total. The fourth-order valence-electron chi connectivity index (χ4n) is 3.64. The summed E-state index contributed by atoms with van der Waals surface area (Å²) >= 11 is 6.20. The van der Waals surface area contributed by atoms with E-state index < -0.39 is 0 Å². The summed E-state index contributed by atoms with van der Waals surface area (Å²) in [7, 11) is 1.67. The van der Waals surface area contributed by atoms with Crippen LogP contribution in [-0.2, 0) is 13.2 Å². The first-order chi connectivity index (χ1) is 13.2. The Morgan fingerprint density at radius 1 is 1.19 bits per heavy atom. The van der Waals surface area contributed by atoms with Gasteiger partial charge in [-0.25, -0.2) is 0 Å². The molecule has 1 unspecified atom stereocenters. The fraction of sp³-hybridized carbons (Fsp3) is 0.455. The molecule has 2 aromatic rings. The van der Waals surface area contributed by atoms with E-state index in [0.717, 1.165) is 36.7 Å². The molecule has 0 spiro atoms. The number of ether oxygens (including phenoxy) is 2. The van der Waals surface area contributed by atoms with E-state index >= 15 is 0 Å². The van der Waals surface area contributed by atoms with Crippen LogP contribution < -0.4 is 14.8 Å². The van der Waals surface area contributed by atoms with Crippen LogP contribution in [0.1, 0.15) is 30.9 Å². The van der Waals surface area contributed by atoms with Gasteiger partial charge in [0.2, 0.25) is 0 Å². The fourth-order valence-corrected chi connectivity index (χ4v) is 3.83. The Morgan fingerprint density at radius 2 is 2.04 bits per heavy atom. The number of likely N-dealkylation sites (N-methyl/N-ethyl adjacent to an activating group) is 1. The minimum atomic E-state index is 0.419. The summed E-state index contributed by atoms with van der Waals surface area (Å²) in [6.45, 7) is 6.88. The predicted molar refractivity (Wildman–Crippen MR) is 111 cm³/mol. The van der Waals surface area contributed by atoms with Gasteiger partial charge in [-0.2, -0.15) is 0 Å². The van der Waals surface area contributed by atoms with Gasteiger partial charge in [-0.05, 0) is 49.7 Å². The maximum atomic E-state index is 6.20. The van der Waals surface area contributed by atoms with Crippen LogP contribution in [0.25, 0.3) is 0 Å². The molecule has 27 heavy (non-hydrogen) atoms. The van der Waals surface area contributed by atoms with E-state index in [0.29, 0.717) is 17.7 Å². The van der Waals surface area contributed by atoms with Crippen molar-refractivity contribution in [1.82, 2.24) is 10.2 Å². The third kappa shape index (κ3) is 5.38. The molecule has 3 rings (SSSR count). The molecular formula is C22H29ClN2O2.